The number of hydrogen-bond acceptors (Lipinski definition) is 5. The topological polar surface area (TPSA) is 52.3 Å². The summed E-state index contributed by atoms with van der Waals surface area (Å²) in [6.45, 7) is 2.80. The van der Waals surface area contributed by atoms with Crippen molar-refractivity contribution in [3.8, 4) is 0 Å². The largest absolute Gasteiger partial charge is 0.361 e. The number of thioether (sulfide) groups is 1. The normalized spacial score (nSPS) is 17.9. The van der Waals surface area contributed by atoms with Gasteiger partial charge in [0.1, 0.15) is 12.0 Å². The fraction of sp³-hybridized carbons (Fsp3) is 0.308. The molecule has 1 unspecified atom stereocenters. The lowest BCUT2D eigenvalue weighted by atomic mass is 10.1. The number of aromatic nitrogens is 3. The molecule has 5 nitrogen and oxygen atoms in total. The van der Waals surface area contributed by atoms with E-state index in [-0.39, 0.29) is 5.44 Å². The van der Waals surface area contributed by atoms with E-state index in [1.165, 1.54) is 0 Å². The van der Waals surface area contributed by atoms with Crippen LogP contribution in [0.4, 0.5) is 0 Å². The predicted octanol–water partition coefficient (Wildman–Crippen LogP) is 2.39. The molecule has 1 aliphatic heterocycles. The molecule has 0 fully saturated rings. The fourth-order valence-electron chi connectivity index (χ4n) is 1.82. The van der Waals surface area contributed by atoms with Crippen LogP contribution in [0, 0.1) is 0 Å². The minimum Gasteiger partial charge on any atom is -0.361 e. The molecule has 98 valence electrons. The third-order valence-corrected chi connectivity index (χ3v) is 3.75. The summed E-state index contributed by atoms with van der Waals surface area (Å²) in [4.78, 5) is 0. The number of rotatable bonds is 4. The van der Waals surface area contributed by atoms with Crippen LogP contribution in [0.1, 0.15) is 18.9 Å². The number of benzene rings is 1. The van der Waals surface area contributed by atoms with E-state index in [0.29, 0.717) is 6.61 Å². The molecule has 2 aromatic rings. The minimum absolute atomic E-state index is 0.126. The molecule has 1 aliphatic rings. The van der Waals surface area contributed by atoms with Crippen molar-refractivity contribution >= 4 is 17.5 Å². The Kier molecular flexibility index (Phi) is 3.61. The number of nitrogens with zero attached hydrogens (tertiary/aromatic N) is 4. The summed E-state index contributed by atoms with van der Waals surface area (Å²) in [5, 5.41) is 13.2. The molecule has 0 spiro atoms. The van der Waals surface area contributed by atoms with Gasteiger partial charge in [0.25, 0.3) is 0 Å². The molecule has 0 amide bonds. The van der Waals surface area contributed by atoms with Gasteiger partial charge in [0.05, 0.1) is 0 Å². The standard InChI is InChI=1S/C13H14N4OS/c1-2-8-18-12-11(10-6-4-3-5-7-10)16-17-9-14-15-13(17)19-12/h3-7,9,12H,2,8H2,1H3. The van der Waals surface area contributed by atoms with Crippen molar-refractivity contribution in [1.29, 1.82) is 0 Å². The maximum Gasteiger partial charge on any atom is 0.214 e. The molecule has 0 radical (unpaired) electrons. The van der Waals surface area contributed by atoms with E-state index in [1.54, 1.807) is 22.8 Å². The van der Waals surface area contributed by atoms with Crippen LogP contribution in [0.15, 0.2) is 46.9 Å². The van der Waals surface area contributed by atoms with Crippen molar-refractivity contribution in [1.82, 2.24) is 14.9 Å². The highest BCUT2D eigenvalue weighted by Gasteiger charge is 2.27. The van der Waals surface area contributed by atoms with Crippen molar-refractivity contribution in [2.45, 2.75) is 23.9 Å². The van der Waals surface area contributed by atoms with Crippen molar-refractivity contribution in [2.75, 3.05) is 6.61 Å². The zero-order valence-electron chi connectivity index (χ0n) is 10.6. The average molecular weight is 274 g/mol. The molecule has 0 aliphatic carbocycles. The van der Waals surface area contributed by atoms with Crippen LogP contribution in [0.3, 0.4) is 0 Å². The van der Waals surface area contributed by atoms with Crippen LogP contribution in [0.25, 0.3) is 0 Å². The molecule has 1 aromatic carbocycles. The maximum atomic E-state index is 5.88. The van der Waals surface area contributed by atoms with Gasteiger partial charge in [0, 0.05) is 12.2 Å². The summed E-state index contributed by atoms with van der Waals surface area (Å²) in [7, 11) is 0. The molecule has 2 heterocycles. The van der Waals surface area contributed by atoms with Gasteiger partial charge in [-0.3, -0.25) is 0 Å². The first-order valence-corrected chi connectivity index (χ1v) is 7.09. The van der Waals surface area contributed by atoms with E-state index >= 15 is 0 Å². The van der Waals surface area contributed by atoms with Crippen LogP contribution < -0.4 is 0 Å². The number of hydrogen-bond donors (Lipinski definition) is 0. The maximum absolute atomic E-state index is 5.88. The van der Waals surface area contributed by atoms with E-state index in [9.17, 15) is 0 Å². The Morgan fingerprint density at radius 3 is 2.95 bits per heavy atom. The van der Waals surface area contributed by atoms with E-state index < -0.39 is 0 Å². The van der Waals surface area contributed by atoms with Gasteiger partial charge >= 0.3 is 0 Å². The molecule has 6 heteroatoms. The Bertz CT molecular complexity index is 581. The van der Waals surface area contributed by atoms with Gasteiger partial charge in [-0.05, 0) is 18.2 Å². The molecule has 0 N–H and O–H groups in total. The Hall–Kier alpha value is -1.66. The van der Waals surface area contributed by atoms with Crippen LogP contribution in [0.5, 0.6) is 0 Å². The first-order valence-electron chi connectivity index (χ1n) is 6.21. The molecule has 1 aromatic heterocycles. The molecule has 1 atom stereocenters. The summed E-state index contributed by atoms with van der Waals surface area (Å²) in [5.74, 6) is 0. The molecule has 19 heavy (non-hydrogen) atoms. The molecular formula is C13H14N4OS. The summed E-state index contributed by atoms with van der Waals surface area (Å²) in [6, 6.07) is 10.1. The Labute approximate surface area is 115 Å². The van der Waals surface area contributed by atoms with E-state index in [0.717, 1.165) is 22.9 Å². The lowest BCUT2D eigenvalue weighted by molar-refractivity contribution is 0.150. The van der Waals surface area contributed by atoms with Gasteiger partial charge in [-0.15, -0.1) is 10.2 Å². The lowest BCUT2D eigenvalue weighted by Gasteiger charge is -2.22. The van der Waals surface area contributed by atoms with Crippen LogP contribution in [0.2, 0.25) is 0 Å². The highest BCUT2D eigenvalue weighted by Crippen LogP contribution is 2.29. The molecule has 3 rings (SSSR count). The summed E-state index contributed by atoms with van der Waals surface area (Å²) in [6.07, 6.45) is 2.59. The Morgan fingerprint density at radius 2 is 2.16 bits per heavy atom. The second kappa shape index (κ2) is 5.54. The fourth-order valence-corrected chi connectivity index (χ4v) is 2.76. The van der Waals surface area contributed by atoms with Gasteiger partial charge in [-0.25, -0.2) is 0 Å². The summed E-state index contributed by atoms with van der Waals surface area (Å²) >= 11 is 1.54. The van der Waals surface area contributed by atoms with Crippen molar-refractivity contribution in [3.63, 3.8) is 0 Å². The van der Waals surface area contributed by atoms with E-state index in [2.05, 4.69) is 22.2 Å². The molecule has 0 saturated carbocycles. The predicted molar refractivity (Wildman–Crippen MR) is 74.3 cm³/mol. The van der Waals surface area contributed by atoms with Crippen LogP contribution in [-0.2, 0) is 4.74 Å². The quantitative estimate of drug-likeness (QED) is 0.859. The molecular weight excluding hydrogens is 260 g/mol. The summed E-state index contributed by atoms with van der Waals surface area (Å²) < 4.78 is 7.57. The van der Waals surface area contributed by atoms with Crippen molar-refractivity contribution < 1.29 is 4.74 Å². The average Bonchev–Trinajstić information content (AvgIpc) is 2.92. The van der Waals surface area contributed by atoms with E-state index in [1.807, 2.05) is 30.3 Å². The highest BCUT2D eigenvalue weighted by molar-refractivity contribution is 8.00. The van der Waals surface area contributed by atoms with Gasteiger partial charge in [0.2, 0.25) is 5.16 Å². The summed E-state index contributed by atoms with van der Waals surface area (Å²) in [5.41, 5.74) is 1.85. The zero-order valence-corrected chi connectivity index (χ0v) is 11.4. The third kappa shape index (κ3) is 2.54. The van der Waals surface area contributed by atoms with Crippen molar-refractivity contribution in [2.24, 2.45) is 5.10 Å². The molecule has 0 saturated heterocycles. The minimum atomic E-state index is -0.126. The smallest absolute Gasteiger partial charge is 0.214 e. The zero-order chi connectivity index (χ0) is 13.1. The first kappa shape index (κ1) is 12.4. The highest BCUT2D eigenvalue weighted by atomic mass is 32.2. The van der Waals surface area contributed by atoms with E-state index in [4.69, 9.17) is 4.74 Å². The van der Waals surface area contributed by atoms with Gasteiger partial charge < -0.3 is 4.74 Å². The first-order chi connectivity index (χ1) is 9.38. The number of fused-ring (bicyclic) bond motifs is 1. The SMILES string of the molecule is CCCOC1Sc2nncn2N=C1c1ccccc1. The monoisotopic (exact) mass is 274 g/mol. The Balaban J connectivity index is 1.96. The lowest BCUT2D eigenvalue weighted by Crippen LogP contribution is -2.27. The van der Waals surface area contributed by atoms with Crippen molar-refractivity contribution in [3.05, 3.63) is 42.2 Å². The van der Waals surface area contributed by atoms with Crippen LogP contribution >= 0.6 is 11.8 Å². The Morgan fingerprint density at radius 1 is 1.32 bits per heavy atom. The van der Waals surface area contributed by atoms with Gasteiger partial charge in [-0.1, -0.05) is 37.3 Å². The van der Waals surface area contributed by atoms with Gasteiger partial charge in [0.15, 0.2) is 5.44 Å². The third-order valence-electron chi connectivity index (χ3n) is 2.69. The number of ether oxygens (including phenoxy) is 1. The van der Waals surface area contributed by atoms with Crippen LogP contribution in [-0.4, -0.2) is 32.6 Å². The second-order valence-electron chi connectivity index (χ2n) is 4.13. The second-order valence-corrected chi connectivity index (χ2v) is 5.16. The molecule has 0 bridgehead atoms. The van der Waals surface area contributed by atoms with Gasteiger partial charge in [-0.2, -0.15) is 9.78 Å².